The molecular weight excluding hydrogens is 256 g/mol. The van der Waals surface area contributed by atoms with E-state index in [9.17, 15) is 9.90 Å². The van der Waals surface area contributed by atoms with Crippen molar-refractivity contribution in [3.05, 3.63) is 23.8 Å². The highest BCUT2D eigenvalue weighted by molar-refractivity contribution is 5.78. The lowest BCUT2D eigenvalue weighted by Gasteiger charge is -2.37. The van der Waals surface area contributed by atoms with Gasteiger partial charge in [-0.05, 0) is 24.1 Å². The number of nitrogens with zero attached hydrogens (tertiary/aromatic N) is 2. The first-order chi connectivity index (χ1) is 9.67. The molecule has 0 radical (unpaired) electrons. The zero-order chi connectivity index (χ0) is 14.1. The Kier molecular flexibility index (Phi) is 3.53. The van der Waals surface area contributed by atoms with Crippen LogP contribution in [0.2, 0.25) is 0 Å². The molecule has 1 unspecified atom stereocenters. The molecule has 0 bridgehead atoms. The number of hydrogen-bond acceptors (Lipinski definition) is 4. The molecule has 0 spiro atoms. The van der Waals surface area contributed by atoms with Crippen LogP contribution in [0.4, 0.5) is 0 Å². The molecule has 1 atom stereocenters. The van der Waals surface area contributed by atoms with Crippen molar-refractivity contribution in [2.45, 2.75) is 25.4 Å². The van der Waals surface area contributed by atoms with Crippen LogP contribution in [0.1, 0.15) is 18.4 Å². The molecule has 2 aliphatic heterocycles. The van der Waals surface area contributed by atoms with Gasteiger partial charge in [-0.2, -0.15) is 0 Å². The number of carbonyl (C=O) groups is 1. The predicted octanol–water partition coefficient (Wildman–Crippen LogP) is 1.21. The second-order valence-corrected chi connectivity index (χ2v) is 5.52. The Morgan fingerprint density at radius 3 is 3.05 bits per heavy atom. The van der Waals surface area contributed by atoms with E-state index >= 15 is 0 Å². The number of ether oxygens (including phenoxy) is 1. The van der Waals surface area contributed by atoms with Gasteiger partial charge in [0.2, 0.25) is 5.91 Å². The highest BCUT2D eigenvalue weighted by Crippen LogP contribution is 2.28. The van der Waals surface area contributed by atoms with Crippen molar-refractivity contribution < 1.29 is 14.6 Å². The van der Waals surface area contributed by atoms with Crippen molar-refractivity contribution in [2.24, 2.45) is 0 Å². The number of rotatable bonds is 3. The van der Waals surface area contributed by atoms with E-state index < -0.39 is 0 Å². The molecule has 0 aliphatic carbocycles. The van der Waals surface area contributed by atoms with Crippen molar-refractivity contribution in [2.75, 3.05) is 26.7 Å². The number of benzene rings is 1. The summed E-state index contributed by atoms with van der Waals surface area (Å²) >= 11 is 0. The lowest BCUT2D eigenvalue weighted by molar-refractivity contribution is -0.130. The Morgan fingerprint density at radius 1 is 1.40 bits per heavy atom. The fraction of sp³-hybridized carbons (Fsp3) is 0.533. The Bertz CT molecular complexity index is 518. The molecule has 3 rings (SSSR count). The van der Waals surface area contributed by atoms with Gasteiger partial charge in [0.1, 0.15) is 0 Å². The minimum absolute atomic E-state index is 0.169. The predicted molar refractivity (Wildman–Crippen MR) is 74.7 cm³/mol. The first-order valence-corrected chi connectivity index (χ1v) is 7.05. The number of hydrogen-bond donors (Lipinski definition) is 1. The molecule has 2 aliphatic rings. The highest BCUT2D eigenvalue weighted by Gasteiger charge is 2.35. The first-order valence-electron chi connectivity index (χ1n) is 7.05. The number of phenols is 1. The fourth-order valence-corrected chi connectivity index (χ4v) is 3.15. The number of fused-ring (bicyclic) bond motifs is 1. The third-order valence-corrected chi connectivity index (χ3v) is 4.23. The van der Waals surface area contributed by atoms with Gasteiger partial charge in [0.25, 0.3) is 0 Å². The van der Waals surface area contributed by atoms with Crippen molar-refractivity contribution in [3.8, 4) is 11.5 Å². The second-order valence-electron chi connectivity index (χ2n) is 5.52. The van der Waals surface area contributed by atoms with Crippen molar-refractivity contribution in [3.63, 3.8) is 0 Å². The summed E-state index contributed by atoms with van der Waals surface area (Å²) in [6.07, 6.45) is 1.68. The van der Waals surface area contributed by atoms with E-state index in [2.05, 4.69) is 4.90 Å². The van der Waals surface area contributed by atoms with E-state index in [-0.39, 0.29) is 5.75 Å². The maximum atomic E-state index is 11.7. The van der Waals surface area contributed by atoms with E-state index in [1.807, 2.05) is 17.0 Å². The van der Waals surface area contributed by atoms with Crippen LogP contribution in [0, 0.1) is 0 Å². The van der Waals surface area contributed by atoms with E-state index in [4.69, 9.17) is 4.74 Å². The molecule has 0 aromatic heterocycles. The standard InChI is InChI=1S/C15H20N2O3/c1-20-14-8-11(2-4-13(14)18)9-16-6-7-17-12(10-16)3-5-15(17)19/h2,4,8,12,18H,3,5-7,9-10H2,1H3. The molecule has 1 aromatic carbocycles. The monoisotopic (exact) mass is 276 g/mol. The minimum atomic E-state index is 0.169. The number of phenolic OH excluding ortho intramolecular Hbond substituents is 1. The quantitative estimate of drug-likeness (QED) is 0.901. The molecule has 5 heteroatoms. The zero-order valence-corrected chi connectivity index (χ0v) is 11.7. The van der Waals surface area contributed by atoms with E-state index in [1.165, 1.54) is 0 Å². The summed E-state index contributed by atoms with van der Waals surface area (Å²) in [5.74, 6) is 0.987. The fourth-order valence-electron chi connectivity index (χ4n) is 3.15. The van der Waals surface area contributed by atoms with Crippen molar-refractivity contribution >= 4 is 5.91 Å². The SMILES string of the molecule is COc1cc(CN2CCN3C(=O)CCC3C2)ccc1O. The third kappa shape index (κ3) is 2.45. The van der Waals surface area contributed by atoms with E-state index in [0.29, 0.717) is 24.1 Å². The average Bonchev–Trinajstić information content (AvgIpc) is 2.82. The van der Waals surface area contributed by atoms with Crippen LogP contribution in [0.15, 0.2) is 18.2 Å². The largest absolute Gasteiger partial charge is 0.504 e. The normalized spacial score (nSPS) is 22.9. The van der Waals surface area contributed by atoms with Gasteiger partial charge in [0, 0.05) is 38.6 Å². The smallest absolute Gasteiger partial charge is 0.222 e. The van der Waals surface area contributed by atoms with E-state index in [1.54, 1.807) is 13.2 Å². The van der Waals surface area contributed by atoms with Gasteiger partial charge in [-0.1, -0.05) is 6.07 Å². The number of amides is 1. The summed E-state index contributed by atoms with van der Waals surface area (Å²) in [6.45, 7) is 3.51. The summed E-state index contributed by atoms with van der Waals surface area (Å²) in [5, 5.41) is 9.61. The number of aromatic hydroxyl groups is 1. The second kappa shape index (κ2) is 5.32. The molecule has 2 saturated heterocycles. The summed E-state index contributed by atoms with van der Waals surface area (Å²) < 4.78 is 5.14. The van der Waals surface area contributed by atoms with Crippen LogP contribution in [0.3, 0.4) is 0 Å². The minimum Gasteiger partial charge on any atom is -0.504 e. The Balaban J connectivity index is 1.65. The van der Waals surface area contributed by atoms with Crippen LogP contribution >= 0.6 is 0 Å². The third-order valence-electron chi connectivity index (χ3n) is 4.23. The topological polar surface area (TPSA) is 53.0 Å². The summed E-state index contributed by atoms with van der Waals surface area (Å²) in [5.41, 5.74) is 1.12. The Morgan fingerprint density at radius 2 is 2.25 bits per heavy atom. The van der Waals surface area contributed by atoms with E-state index in [0.717, 1.165) is 38.2 Å². The molecule has 108 valence electrons. The van der Waals surface area contributed by atoms with Crippen LogP contribution in [-0.2, 0) is 11.3 Å². The van der Waals surface area contributed by atoms with Gasteiger partial charge < -0.3 is 14.7 Å². The molecule has 2 heterocycles. The van der Waals surface area contributed by atoms with Gasteiger partial charge in [0.15, 0.2) is 11.5 Å². The molecule has 1 amide bonds. The van der Waals surface area contributed by atoms with Crippen molar-refractivity contribution in [1.82, 2.24) is 9.80 Å². The van der Waals surface area contributed by atoms with Crippen LogP contribution < -0.4 is 4.74 Å². The molecule has 1 N–H and O–H groups in total. The zero-order valence-electron chi connectivity index (χ0n) is 11.7. The van der Waals surface area contributed by atoms with Gasteiger partial charge in [-0.15, -0.1) is 0 Å². The van der Waals surface area contributed by atoms with Gasteiger partial charge in [0.05, 0.1) is 7.11 Å². The molecule has 20 heavy (non-hydrogen) atoms. The van der Waals surface area contributed by atoms with Gasteiger partial charge in [-0.25, -0.2) is 0 Å². The first kappa shape index (κ1) is 13.2. The Hall–Kier alpha value is -1.75. The van der Waals surface area contributed by atoms with Crippen LogP contribution in [-0.4, -0.2) is 53.6 Å². The molecular formula is C15H20N2O3. The molecule has 1 aromatic rings. The summed E-state index contributed by atoms with van der Waals surface area (Å²) in [6, 6.07) is 5.85. The maximum Gasteiger partial charge on any atom is 0.222 e. The maximum absolute atomic E-state index is 11.7. The number of carbonyl (C=O) groups excluding carboxylic acids is 1. The number of piperazine rings is 1. The average molecular weight is 276 g/mol. The van der Waals surface area contributed by atoms with Gasteiger partial charge in [-0.3, -0.25) is 9.69 Å². The van der Waals surface area contributed by atoms with Crippen LogP contribution in [0.25, 0.3) is 0 Å². The lowest BCUT2D eigenvalue weighted by atomic mass is 10.1. The summed E-state index contributed by atoms with van der Waals surface area (Å²) in [4.78, 5) is 16.0. The highest BCUT2D eigenvalue weighted by atomic mass is 16.5. The molecule has 0 saturated carbocycles. The van der Waals surface area contributed by atoms with Crippen molar-refractivity contribution in [1.29, 1.82) is 0 Å². The van der Waals surface area contributed by atoms with Gasteiger partial charge >= 0.3 is 0 Å². The molecule has 5 nitrogen and oxygen atoms in total. The molecule has 2 fully saturated rings. The Labute approximate surface area is 118 Å². The lowest BCUT2D eigenvalue weighted by Crippen LogP contribution is -2.50. The number of methoxy groups -OCH3 is 1. The van der Waals surface area contributed by atoms with Crippen LogP contribution in [0.5, 0.6) is 11.5 Å². The summed E-state index contributed by atoms with van der Waals surface area (Å²) in [7, 11) is 1.56.